The molecule has 112 valence electrons. The van der Waals surface area contributed by atoms with Crippen LogP contribution in [-0.2, 0) is 6.42 Å². The van der Waals surface area contributed by atoms with Crippen molar-refractivity contribution in [2.24, 2.45) is 0 Å². The topological polar surface area (TPSA) is 61.9 Å². The molecule has 1 aromatic heterocycles. The number of halogens is 2. The predicted molar refractivity (Wildman–Crippen MR) is 72.6 cm³/mol. The van der Waals surface area contributed by atoms with Gasteiger partial charge in [-0.05, 0) is 25.1 Å². The second-order valence-corrected chi connectivity index (χ2v) is 4.72. The molecule has 0 saturated heterocycles. The minimum absolute atomic E-state index is 0.0120. The quantitative estimate of drug-likeness (QED) is 0.942. The maximum Gasteiger partial charge on any atom is 0.293 e. The highest BCUT2D eigenvalue weighted by Crippen LogP contribution is 2.23. The minimum Gasteiger partial charge on any atom is -0.332 e. The highest BCUT2D eigenvalue weighted by Gasteiger charge is 2.24. The van der Waals surface area contributed by atoms with E-state index < -0.39 is 23.6 Å². The Morgan fingerprint density at radius 2 is 2.14 bits per heavy atom. The smallest absolute Gasteiger partial charge is 0.293 e. The van der Waals surface area contributed by atoms with Crippen LogP contribution in [0.1, 0.15) is 41.9 Å². The molecule has 1 heterocycles. The van der Waals surface area contributed by atoms with Crippen molar-refractivity contribution in [3.8, 4) is 0 Å². The normalized spacial score (nSPS) is 12.2. The first-order valence-corrected chi connectivity index (χ1v) is 6.57. The molecular formula is C14H16F2N4O. The summed E-state index contributed by atoms with van der Waals surface area (Å²) in [6, 6.07) is 2.52. The van der Waals surface area contributed by atoms with E-state index in [9.17, 15) is 13.6 Å². The summed E-state index contributed by atoms with van der Waals surface area (Å²) >= 11 is 0. The van der Waals surface area contributed by atoms with Crippen LogP contribution >= 0.6 is 0 Å². The minimum atomic E-state index is -0.642. The molecule has 0 fully saturated rings. The number of aryl methyl sites for hydroxylation is 1. The number of aromatic nitrogens is 3. The van der Waals surface area contributed by atoms with Crippen LogP contribution in [-0.4, -0.2) is 33.0 Å². The molecule has 7 heteroatoms. The van der Waals surface area contributed by atoms with Crippen molar-refractivity contribution in [3.63, 3.8) is 0 Å². The van der Waals surface area contributed by atoms with Gasteiger partial charge in [-0.15, -0.1) is 5.10 Å². The maximum atomic E-state index is 13.8. The van der Waals surface area contributed by atoms with Crippen molar-refractivity contribution < 1.29 is 13.6 Å². The molecule has 5 nitrogen and oxygen atoms in total. The number of carbonyl (C=O) groups is 1. The third-order valence-electron chi connectivity index (χ3n) is 3.37. The van der Waals surface area contributed by atoms with E-state index >= 15 is 0 Å². The average molecular weight is 294 g/mol. The second-order valence-electron chi connectivity index (χ2n) is 4.72. The molecule has 2 rings (SSSR count). The van der Waals surface area contributed by atoms with Gasteiger partial charge >= 0.3 is 0 Å². The van der Waals surface area contributed by atoms with Gasteiger partial charge in [0.2, 0.25) is 5.82 Å². The van der Waals surface area contributed by atoms with E-state index in [1.807, 2.05) is 6.92 Å². The van der Waals surface area contributed by atoms with E-state index in [4.69, 9.17) is 0 Å². The largest absolute Gasteiger partial charge is 0.332 e. The summed E-state index contributed by atoms with van der Waals surface area (Å²) in [4.78, 5) is 17.6. The lowest BCUT2D eigenvalue weighted by Gasteiger charge is -2.24. The number of nitrogens with zero attached hydrogens (tertiary/aromatic N) is 3. The Balaban J connectivity index is 2.23. The number of hydrogen-bond acceptors (Lipinski definition) is 3. The van der Waals surface area contributed by atoms with Gasteiger partial charge in [-0.1, -0.05) is 6.92 Å². The number of nitrogens with one attached hydrogen (secondary N) is 1. The standard InChI is InChI=1S/C14H16F2N4O/c1-4-12-17-13(19-18-12)14(21)20(3)8(2)10-7-9(15)5-6-11(10)16/h5-8H,4H2,1-3H3,(H,17,18,19). The molecule has 1 atom stereocenters. The molecule has 0 aliphatic rings. The van der Waals surface area contributed by atoms with E-state index in [-0.39, 0.29) is 11.4 Å². The van der Waals surface area contributed by atoms with Crippen molar-refractivity contribution in [1.29, 1.82) is 0 Å². The summed E-state index contributed by atoms with van der Waals surface area (Å²) in [6.07, 6.45) is 0.623. The highest BCUT2D eigenvalue weighted by atomic mass is 19.1. The maximum absolute atomic E-state index is 13.8. The van der Waals surface area contributed by atoms with Gasteiger partial charge in [0.25, 0.3) is 5.91 Å². The van der Waals surface area contributed by atoms with Gasteiger partial charge in [-0.25, -0.2) is 13.8 Å². The molecule has 1 N–H and O–H groups in total. The first kappa shape index (κ1) is 15.1. The molecule has 0 bridgehead atoms. The van der Waals surface area contributed by atoms with Crippen LogP contribution in [0.3, 0.4) is 0 Å². The zero-order chi connectivity index (χ0) is 15.6. The lowest BCUT2D eigenvalue weighted by molar-refractivity contribution is 0.0728. The van der Waals surface area contributed by atoms with Crippen molar-refractivity contribution in [1.82, 2.24) is 20.1 Å². The summed E-state index contributed by atoms with van der Waals surface area (Å²) < 4.78 is 27.0. The predicted octanol–water partition coefficient (Wildman–Crippen LogP) is 2.48. The van der Waals surface area contributed by atoms with Gasteiger partial charge < -0.3 is 4.90 Å². The Morgan fingerprint density at radius 1 is 1.43 bits per heavy atom. The Bertz CT molecular complexity index is 656. The van der Waals surface area contributed by atoms with Crippen molar-refractivity contribution in [3.05, 3.63) is 47.0 Å². The van der Waals surface area contributed by atoms with E-state index in [2.05, 4.69) is 15.2 Å². The summed E-state index contributed by atoms with van der Waals surface area (Å²) in [5.41, 5.74) is 0.108. The molecular weight excluding hydrogens is 278 g/mol. The Labute approximate surface area is 121 Å². The van der Waals surface area contributed by atoms with Crippen LogP contribution in [0.5, 0.6) is 0 Å². The fourth-order valence-corrected chi connectivity index (χ4v) is 1.93. The molecule has 1 aromatic carbocycles. The van der Waals surface area contributed by atoms with Gasteiger partial charge in [-0.3, -0.25) is 9.89 Å². The Morgan fingerprint density at radius 3 is 2.76 bits per heavy atom. The fourth-order valence-electron chi connectivity index (χ4n) is 1.93. The Kier molecular flexibility index (Phi) is 4.30. The number of hydrogen-bond donors (Lipinski definition) is 1. The Hall–Kier alpha value is -2.31. The molecule has 1 amide bonds. The lowest BCUT2D eigenvalue weighted by Crippen LogP contribution is -2.31. The molecule has 21 heavy (non-hydrogen) atoms. The second kappa shape index (κ2) is 5.99. The summed E-state index contributed by atoms with van der Waals surface area (Å²) in [5, 5.41) is 6.48. The molecule has 2 aromatic rings. The zero-order valence-corrected chi connectivity index (χ0v) is 12.0. The van der Waals surface area contributed by atoms with E-state index in [0.29, 0.717) is 12.2 Å². The summed E-state index contributed by atoms with van der Waals surface area (Å²) in [6.45, 7) is 3.49. The highest BCUT2D eigenvalue weighted by molar-refractivity contribution is 5.90. The molecule has 0 aliphatic heterocycles. The van der Waals surface area contributed by atoms with Gasteiger partial charge in [0.15, 0.2) is 0 Å². The van der Waals surface area contributed by atoms with Crippen molar-refractivity contribution in [2.75, 3.05) is 7.05 Å². The van der Waals surface area contributed by atoms with Gasteiger partial charge in [0.05, 0.1) is 6.04 Å². The lowest BCUT2D eigenvalue weighted by atomic mass is 10.1. The van der Waals surface area contributed by atoms with E-state index in [1.54, 1.807) is 6.92 Å². The number of benzene rings is 1. The molecule has 0 aliphatic carbocycles. The number of carbonyl (C=O) groups excluding carboxylic acids is 1. The van der Waals surface area contributed by atoms with Gasteiger partial charge in [-0.2, -0.15) is 0 Å². The SMILES string of the molecule is CCc1nc(C(=O)N(C)C(C)c2cc(F)ccc2F)n[nH]1. The molecule has 1 unspecified atom stereocenters. The summed E-state index contributed by atoms with van der Waals surface area (Å²) in [7, 11) is 1.50. The third kappa shape index (κ3) is 3.07. The van der Waals surface area contributed by atoms with Gasteiger partial charge in [0, 0.05) is 19.0 Å². The third-order valence-corrected chi connectivity index (χ3v) is 3.37. The zero-order valence-electron chi connectivity index (χ0n) is 12.0. The number of aromatic amines is 1. The van der Waals surface area contributed by atoms with E-state index in [0.717, 1.165) is 18.2 Å². The first-order chi connectivity index (χ1) is 9.93. The number of rotatable bonds is 4. The number of H-pyrrole nitrogens is 1. The average Bonchev–Trinajstić information content (AvgIpc) is 2.96. The van der Waals surface area contributed by atoms with E-state index in [1.165, 1.54) is 11.9 Å². The van der Waals surface area contributed by atoms with Crippen LogP contribution < -0.4 is 0 Å². The van der Waals surface area contributed by atoms with Crippen LogP contribution in [0.2, 0.25) is 0 Å². The molecule has 0 radical (unpaired) electrons. The van der Waals surface area contributed by atoms with Gasteiger partial charge in [0.1, 0.15) is 17.5 Å². The fraction of sp³-hybridized carbons (Fsp3) is 0.357. The molecule has 0 spiro atoms. The monoisotopic (exact) mass is 294 g/mol. The number of amides is 1. The molecule has 0 saturated carbocycles. The van der Waals surface area contributed by atoms with Crippen molar-refractivity contribution >= 4 is 5.91 Å². The van der Waals surface area contributed by atoms with Crippen LogP contribution in [0.15, 0.2) is 18.2 Å². The summed E-state index contributed by atoms with van der Waals surface area (Å²) in [5.74, 6) is -0.963. The first-order valence-electron chi connectivity index (χ1n) is 6.57. The van der Waals surface area contributed by atoms with Crippen molar-refractivity contribution in [2.45, 2.75) is 26.3 Å². The van der Waals surface area contributed by atoms with Crippen LogP contribution in [0.4, 0.5) is 8.78 Å². The van der Waals surface area contributed by atoms with Crippen LogP contribution in [0.25, 0.3) is 0 Å². The van der Waals surface area contributed by atoms with Crippen LogP contribution in [0, 0.1) is 11.6 Å².